The number of hydrogen-bond acceptors (Lipinski definition) is 7. The third-order valence-electron chi connectivity index (χ3n) is 6.27. The van der Waals surface area contributed by atoms with Gasteiger partial charge in [0.05, 0.1) is 6.04 Å². The van der Waals surface area contributed by atoms with Crippen LogP contribution >= 0.6 is 11.8 Å². The molecule has 2 rings (SSSR count). The lowest BCUT2D eigenvalue weighted by Gasteiger charge is -2.30. The van der Waals surface area contributed by atoms with Crippen LogP contribution in [0.4, 0.5) is 0 Å². The summed E-state index contributed by atoms with van der Waals surface area (Å²) in [6.45, 7) is 0.653. The highest BCUT2D eigenvalue weighted by atomic mass is 32.2. The fraction of sp³-hybridized carbons (Fsp3) is 0.560. The molecule has 1 aliphatic rings. The molecule has 4 atom stereocenters. The van der Waals surface area contributed by atoms with Gasteiger partial charge < -0.3 is 37.8 Å². The summed E-state index contributed by atoms with van der Waals surface area (Å²) in [4.78, 5) is 56.5. The van der Waals surface area contributed by atoms with Crippen molar-refractivity contribution in [2.24, 2.45) is 22.2 Å². The first-order valence-electron chi connectivity index (χ1n) is 12.6. The van der Waals surface area contributed by atoms with Crippen LogP contribution in [-0.4, -0.2) is 88.9 Å². The van der Waals surface area contributed by atoms with Crippen molar-refractivity contribution in [1.29, 1.82) is 0 Å². The summed E-state index contributed by atoms with van der Waals surface area (Å²) in [7, 11) is 0. The smallest absolute Gasteiger partial charge is 0.326 e. The molecule has 0 spiro atoms. The first-order valence-corrected chi connectivity index (χ1v) is 14.0. The van der Waals surface area contributed by atoms with Gasteiger partial charge in [0.25, 0.3) is 0 Å². The second kappa shape index (κ2) is 15.8. The van der Waals surface area contributed by atoms with Crippen molar-refractivity contribution < 1.29 is 24.3 Å². The summed E-state index contributed by atoms with van der Waals surface area (Å²) in [5.41, 5.74) is 17.5. The van der Waals surface area contributed by atoms with E-state index in [1.165, 1.54) is 16.7 Å². The van der Waals surface area contributed by atoms with E-state index in [0.717, 1.165) is 5.56 Å². The maximum absolute atomic E-state index is 13.7. The zero-order chi connectivity index (χ0) is 28.1. The van der Waals surface area contributed by atoms with E-state index >= 15 is 0 Å². The predicted octanol–water partition coefficient (Wildman–Crippen LogP) is -0.592. The van der Waals surface area contributed by atoms with Gasteiger partial charge in [0.2, 0.25) is 17.7 Å². The third-order valence-corrected chi connectivity index (χ3v) is 6.91. The first kappa shape index (κ1) is 30.9. The van der Waals surface area contributed by atoms with Gasteiger partial charge in [0.1, 0.15) is 18.1 Å². The van der Waals surface area contributed by atoms with Crippen molar-refractivity contribution in [3.8, 4) is 0 Å². The molecular formula is C25H39N7O5S. The van der Waals surface area contributed by atoms with E-state index in [1.807, 2.05) is 36.6 Å². The van der Waals surface area contributed by atoms with Crippen LogP contribution in [0.2, 0.25) is 0 Å². The minimum Gasteiger partial charge on any atom is -0.480 e. The Bertz CT molecular complexity index is 974. The van der Waals surface area contributed by atoms with E-state index in [2.05, 4.69) is 15.6 Å². The van der Waals surface area contributed by atoms with E-state index in [4.69, 9.17) is 17.2 Å². The molecule has 13 heteroatoms. The second-order valence-electron chi connectivity index (χ2n) is 9.18. The molecule has 38 heavy (non-hydrogen) atoms. The molecule has 0 aromatic heterocycles. The molecule has 0 saturated carbocycles. The number of thioether (sulfide) groups is 1. The van der Waals surface area contributed by atoms with Crippen molar-refractivity contribution in [3.63, 3.8) is 0 Å². The standard InChI is InChI=1S/C25H39N7O5S/c1-38-14-11-18(24(36)37)30-22(34)20-10-6-13-32(20)23(35)19(15-16-7-3-2-4-8-16)31-21(33)17(26)9-5-12-29-25(27)28/h2-4,7-8,17-20H,5-6,9-15,26H2,1H3,(H,30,34)(H,31,33)(H,36,37)(H4,27,28,29). The minimum absolute atomic E-state index is 0.0420. The number of aliphatic imine (C=N–C) groups is 1. The minimum atomic E-state index is -1.12. The Kier molecular flexibility index (Phi) is 12.9. The molecule has 0 radical (unpaired) electrons. The number of aliphatic carboxylic acids is 1. The molecule has 12 nitrogen and oxygen atoms in total. The average Bonchev–Trinajstić information content (AvgIpc) is 3.38. The van der Waals surface area contributed by atoms with Gasteiger partial charge in [0, 0.05) is 19.5 Å². The number of hydrogen-bond donors (Lipinski definition) is 6. The summed E-state index contributed by atoms with van der Waals surface area (Å²) in [6.07, 6.45) is 4.13. The number of rotatable bonds is 15. The Balaban J connectivity index is 2.14. The maximum Gasteiger partial charge on any atom is 0.326 e. The van der Waals surface area contributed by atoms with Crippen LogP contribution in [0.1, 0.15) is 37.7 Å². The average molecular weight is 550 g/mol. The number of nitrogens with zero attached hydrogens (tertiary/aromatic N) is 2. The van der Waals surface area contributed by atoms with Crippen LogP contribution in [0.25, 0.3) is 0 Å². The number of carboxylic acids is 1. The molecule has 1 saturated heterocycles. The van der Waals surface area contributed by atoms with E-state index < -0.39 is 47.9 Å². The van der Waals surface area contributed by atoms with Crippen molar-refractivity contribution in [2.75, 3.05) is 25.1 Å². The molecule has 1 heterocycles. The van der Waals surface area contributed by atoms with Crippen molar-refractivity contribution in [3.05, 3.63) is 35.9 Å². The molecule has 1 aromatic carbocycles. The maximum atomic E-state index is 13.7. The van der Waals surface area contributed by atoms with E-state index in [-0.39, 0.29) is 18.8 Å². The van der Waals surface area contributed by atoms with Gasteiger partial charge >= 0.3 is 5.97 Å². The predicted molar refractivity (Wildman–Crippen MR) is 147 cm³/mol. The van der Waals surface area contributed by atoms with Gasteiger partial charge in [-0.05, 0) is 49.7 Å². The number of carboxylic acid groups (broad SMARTS) is 1. The summed E-state index contributed by atoms with van der Waals surface area (Å²) < 4.78 is 0. The van der Waals surface area contributed by atoms with Crippen molar-refractivity contribution in [1.82, 2.24) is 15.5 Å². The largest absolute Gasteiger partial charge is 0.480 e. The van der Waals surface area contributed by atoms with Crippen molar-refractivity contribution >= 4 is 41.4 Å². The van der Waals surface area contributed by atoms with Gasteiger partial charge in [-0.2, -0.15) is 11.8 Å². The molecule has 4 unspecified atom stereocenters. The number of nitrogens with one attached hydrogen (secondary N) is 2. The molecule has 0 aliphatic carbocycles. The molecule has 3 amide bonds. The van der Waals surface area contributed by atoms with Crippen LogP contribution in [0.15, 0.2) is 35.3 Å². The third kappa shape index (κ3) is 9.86. The second-order valence-corrected chi connectivity index (χ2v) is 10.2. The van der Waals surface area contributed by atoms with Crippen LogP contribution in [0, 0.1) is 0 Å². The number of amides is 3. The van der Waals surface area contributed by atoms with Gasteiger partial charge in [-0.3, -0.25) is 19.4 Å². The topological polar surface area (TPSA) is 206 Å². The Morgan fingerprint density at radius 1 is 1.13 bits per heavy atom. The lowest BCUT2D eigenvalue weighted by molar-refractivity contribution is -0.145. The number of carbonyl (C=O) groups excluding carboxylic acids is 3. The fourth-order valence-corrected chi connectivity index (χ4v) is 4.71. The summed E-state index contributed by atoms with van der Waals surface area (Å²) in [5, 5.41) is 14.8. The molecule has 1 aliphatic heterocycles. The molecule has 9 N–H and O–H groups in total. The SMILES string of the molecule is CSCCC(NC(=O)C1CCCN1C(=O)C(Cc1ccccc1)NC(=O)C(N)CCCN=C(N)N)C(=O)O. The van der Waals surface area contributed by atoms with Crippen LogP contribution in [0.5, 0.6) is 0 Å². The fourth-order valence-electron chi connectivity index (χ4n) is 4.24. The Hall–Kier alpha value is -3.32. The van der Waals surface area contributed by atoms with Gasteiger partial charge in [-0.15, -0.1) is 0 Å². The summed E-state index contributed by atoms with van der Waals surface area (Å²) in [6, 6.07) is 5.53. The Morgan fingerprint density at radius 2 is 1.84 bits per heavy atom. The van der Waals surface area contributed by atoms with E-state index in [0.29, 0.717) is 44.5 Å². The van der Waals surface area contributed by atoms with Gasteiger partial charge in [-0.1, -0.05) is 30.3 Å². The quantitative estimate of drug-likeness (QED) is 0.0937. The highest BCUT2D eigenvalue weighted by Gasteiger charge is 2.39. The van der Waals surface area contributed by atoms with E-state index in [9.17, 15) is 24.3 Å². The zero-order valence-corrected chi connectivity index (χ0v) is 22.5. The number of guanidine groups is 1. The Morgan fingerprint density at radius 3 is 2.47 bits per heavy atom. The molecule has 0 bridgehead atoms. The summed E-state index contributed by atoms with van der Waals surface area (Å²) >= 11 is 1.49. The molecule has 210 valence electrons. The van der Waals surface area contributed by atoms with Gasteiger partial charge in [-0.25, -0.2) is 4.79 Å². The summed E-state index contributed by atoms with van der Waals surface area (Å²) in [5.74, 6) is -2.01. The lowest BCUT2D eigenvalue weighted by Crippen LogP contribution is -2.57. The number of nitrogens with two attached hydrogens (primary N) is 3. The first-order chi connectivity index (χ1) is 18.1. The number of carbonyl (C=O) groups is 4. The van der Waals surface area contributed by atoms with Gasteiger partial charge in [0.15, 0.2) is 5.96 Å². The normalized spacial score (nSPS) is 17.2. The van der Waals surface area contributed by atoms with Crippen molar-refractivity contribution in [2.45, 2.75) is 62.7 Å². The molecule has 1 fully saturated rings. The van der Waals surface area contributed by atoms with Crippen LogP contribution in [-0.2, 0) is 25.6 Å². The van der Waals surface area contributed by atoms with Crippen LogP contribution < -0.4 is 27.8 Å². The number of benzene rings is 1. The molecule has 1 aromatic rings. The lowest BCUT2D eigenvalue weighted by atomic mass is 10.0. The molecular weight excluding hydrogens is 510 g/mol. The van der Waals surface area contributed by atoms with E-state index in [1.54, 1.807) is 0 Å². The highest BCUT2D eigenvalue weighted by Crippen LogP contribution is 2.20. The monoisotopic (exact) mass is 549 g/mol. The Labute approximate surface area is 227 Å². The highest BCUT2D eigenvalue weighted by molar-refractivity contribution is 7.98. The zero-order valence-electron chi connectivity index (χ0n) is 21.7. The number of likely N-dealkylation sites (tertiary alicyclic amines) is 1. The van der Waals surface area contributed by atoms with Crippen LogP contribution in [0.3, 0.4) is 0 Å².